The number of unbranched alkanes of at least 4 members (excludes halogenated alkanes) is 1. The third kappa shape index (κ3) is 3.01. The fraction of sp³-hybridized carbons (Fsp3) is 0.647. The summed E-state index contributed by atoms with van der Waals surface area (Å²) in [5.74, 6) is 0.318. The van der Waals surface area contributed by atoms with Crippen LogP contribution in [0.25, 0.3) is 0 Å². The van der Waals surface area contributed by atoms with Crippen LogP contribution in [0.2, 0.25) is 0 Å². The normalized spacial score (nSPS) is 35.3. The summed E-state index contributed by atoms with van der Waals surface area (Å²) in [5, 5.41) is 11.1. The first-order chi connectivity index (χ1) is 9.08. The maximum atomic E-state index is 11.1. The molecule has 0 radical (unpaired) electrons. The fourth-order valence-corrected chi connectivity index (χ4v) is 3.46. The molecular formula is C17H28NO+. The molecule has 0 aromatic heterocycles. The average molecular weight is 262 g/mol. The molecule has 1 saturated heterocycles. The van der Waals surface area contributed by atoms with E-state index in [0.717, 1.165) is 18.5 Å². The van der Waals surface area contributed by atoms with Crippen LogP contribution in [0, 0.1) is 5.92 Å². The molecule has 2 N–H and O–H groups in total. The monoisotopic (exact) mass is 262 g/mol. The maximum absolute atomic E-state index is 11.1. The minimum Gasteiger partial charge on any atom is -0.384 e. The van der Waals surface area contributed by atoms with Crippen LogP contribution in [-0.2, 0) is 5.60 Å². The first-order valence-corrected chi connectivity index (χ1v) is 7.70. The first-order valence-electron chi connectivity index (χ1n) is 7.70. The molecule has 0 saturated carbocycles. The van der Waals surface area contributed by atoms with Crippen molar-refractivity contribution < 1.29 is 10.0 Å². The van der Waals surface area contributed by atoms with Gasteiger partial charge in [-0.25, -0.2) is 0 Å². The van der Waals surface area contributed by atoms with Gasteiger partial charge in [-0.05, 0) is 18.9 Å². The number of likely N-dealkylation sites (tertiary alicyclic amines) is 1. The number of aliphatic hydroxyl groups is 1. The lowest BCUT2D eigenvalue weighted by Crippen LogP contribution is -3.17. The molecule has 1 aliphatic rings. The highest BCUT2D eigenvalue weighted by Crippen LogP contribution is 2.35. The van der Waals surface area contributed by atoms with Gasteiger partial charge < -0.3 is 10.0 Å². The van der Waals surface area contributed by atoms with Gasteiger partial charge in [0.1, 0.15) is 5.60 Å². The van der Waals surface area contributed by atoms with Gasteiger partial charge in [0, 0.05) is 12.3 Å². The van der Waals surface area contributed by atoms with Crippen LogP contribution in [0.1, 0.15) is 45.6 Å². The minimum atomic E-state index is -0.642. The molecule has 1 aromatic carbocycles. The van der Waals surface area contributed by atoms with E-state index in [-0.39, 0.29) is 0 Å². The van der Waals surface area contributed by atoms with Gasteiger partial charge in [0.05, 0.1) is 19.1 Å². The molecule has 19 heavy (non-hydrogen) atoms. The summed E-state index contributed by atoms with van der Waals surface area (Å²) < 4.78 is 0. The molecule has 0 bridgehead atoms. The van der Waals surface area contributed by atoms with Gasteiger partial charge in [0.15, 0.2) is 0 Å². The van der Waals surface area contributed by atoms with E-state index in [0.29, 0.717) is 12.0 Å². The second kappa shape index (κ2) is 6.06. The number of hydrogen-bond donors (Lipinski definition) is 2. The Bertz CT molecular complexity index is 392. The molecule has 2 nitrogen and oxygen atoms in total. The van der Waals surface area contributed by atoms with E-state index in [1.165, 1.54) is 19.4 Å². The zero-order valence-electron chi connectivity index (χ0n) is 12.5. The smallest absolute Gasteiger partial charge is 0.103 e. The molecule has 2 rings (SSSR count). The standard InChI is InChI=1S/C17H27NO/c1-4-5-11-18-13-14(2)17(19,12-15(18)3)16-9-7-6-8-10-16/h6-10,14-15,19H,4-5,11-13H2,1-3H3/p+1. The summed E-state index contributed by atoms with van der Waals surface area (Å²) in [4.78, 5) is 1.66. The quantitative estimate of drug-likeness (QED) is 0.852. The lowest BCUT2D eigenvalue weighted by Gasteiger charge is -2.45. The number of quaternary nitrogens is 1. The van der Waals surface area contributed by atoms with Crippen LogP contribution in [-0.4, -0.2) is 24.2 Å². The van der Waals surface area contributed by atoms with E-state index in [9.17, 15) is 5.11 Å². The van der Waals surface area contributed by atoms with Crippen LogP contribution < -0.4 is 4.90 Å². The molecule has 1 fully saturated rings. The van der Waals surface area contributed by atoms with E-state index in [4.69, 9.17) is 0 Å². The van der Waals surface area contributed by atoms with Crippen molar-refractivity contribution in [3.63, 3.8) is 0 Å². The van der Waals surface area contributed by atoms with Crippen LogP contribution in [0.3, 0.4) is 0 Å². The lowest BCUT2D eigenvalue weighted by molar-refractivity contribution is -0.935. The van der Waals surface area contributed by atoms with Crippen molar-refractivity contribution in [3.8, 4) is 0 Å². The number of rotatable bonds is 4. The Hall–Kier alpha value is -0.860. The first kappa shape index (κ1) is 14.5. The van der Waals surface area contributed by atoms with Gasteiger partial charge in [-0.3, -0.25) is 0 Å². The summed E-state index contributed by atoms with van der Waals surface area (Å²) in [6.07, 6.45) is 3.42. The van der Waals surface area contributed by atoms with Gasteiger partial charge in [0.25, 0.3) is 0 Å². The number of piperidine rings is 1. The third-order valence-electron chi connectivity index (χ3n) is 4.82. The van der Waals surface area contributed by atoms with Crippen molar-refractivity contribution >= 4 is 0 Å². The van der Waals surface area contributed by atoms with E-state index < -0.39 is 5.60 Å². The van der Waals surface area contributed by atoms with Gasteiger partial charge in [-0.2, -0.15) is 0 Å². The highest BCUT2D eigenvalue weighted by molar-refractivity contribution is 5.23. The summed E-state index contributed by atoms with van der Waals surface area (Å²) in [7, 11) is 0. The molecule has 2 heteroatoms. The SMILES string of the molecule is CCCC[NH+]1CC(C)C(O)(c2ccccc2)CC1C. The van der Waals surface area contributed by atoms with Crippen molar-refractivity contribution in [1.29, 1.82) is 0 Å². The second-order valence-corrected chi connectivity index (χ2v) is 6.26. The molecule has 4 atom stereocenters. The molecule has 0 amide bonds. The van der Waals surface area contributed by atoms with Crippen LogP contribution in [0.4, 0.5) is 0 Å². The van der Waals surface area contributed by atoms with Crippen molar-refractivity contribution in [3.05, 3.63) is 35.9 Å². The molecule has 0 aliphatic carbocycles. The van der Waals surface area contributed by atoms with Crippen molar-refractivity contribution in [2.45, 2.75) is 51.7 Å². The third-order valence-corrected chi connectivity index (χ3v) is 4.82. The Labute approximate surface area is 117 Å². The number of hydrogen-bond acceptors (Lipinski definition) is 1. The molecular weight excluding hydrogens is 234 g/mol. The van der Waals surface area contributed by atoms with Gasteiger partial charge in [0.2, 0.25) is 0 Å². The summed E-state index contributed by atoms with van der Waals surface area (Å²) >= 11 is 0. The van der Waals surface area contributed by atoms with Crippen LogP contribution in [0.15, 0.2) is 30.3 Å². The molecule has 1 aliphatic heterocycles. The fourth-order valence-electron chi connectivity index (χ4n) is 3.46. The molecule has 106 valence electrons. The van der Waals surface area contributed by atoms with E-state index >= 15 is 0 Å². The minimum absolute atomic E-state index is 0.318. The summed E-state index contributed by atoms with van der Waals surface area (Å²) in [6.45, 7) is 9.05. The number of nitrogens with one attached hydrogen (secondary N) is 1. The average Bonchev–Trinajstić information content (AvgIpc) is 2.42. The van der Waals surface area contributed by atoms with Crippen molar-refractivity contribution in [1.82, 2.24) is 0 Å². The molecule has 4 unspecified atom stereocenters. The zero-order valence-corrected chi connectivity index (χ0v) is 12.5. The second-order valence-electron chi connectivity index (χ2n) is 6.26. The predicted molar refractivity (Wildman–Crippen MR) is 79.2 cm³/mol. The highest BCUT2D eigenvalue weighted by Gasteiger charge is 2.45. The molecule has 1 aromatic rings. The molecule has 0 spiro atoms. The Morgan fingerprint density at radius 3 is 2.58 bits per heavy atom. The van der Waals surface area contributed by atoms with E-state index in [1.54, 1.807) is 4.90 Å². The Kier molecular flexibility index (Phi) is 4.64. The summed E-state index contributed by atoms with van der Waals surface area (Å²) in [6, 6.07) is 10.7. The lowest BCUT2D eigenvalue weighted by atomic mass is 9.74. The Morgan fingerprint density at radius 2 is 1.95 bits per heavy atom. The van der Waals surface area contributed by atoms with Crippen LogP contribution in [0.5, 0.6) is 0 Å². The Balaban J connectivity index is 2.13. The van der Waals surface area contributed by atoms with Gasteiger partial charge in [-0.15, -0.1) is 0 Å². The number of benzene rings is 1. The Morgan fingerprint density at radius 1 is 1.26 bits per heavy atom. The van der Waals surface area contributed by atoms with E-state index in [1.807, 2.05) is 18.2 Å². The summed E-state index contributed by atoms with van der Waals surface area (Å²) in [5.41, 5.74) is 0.444. The van der Waals surface area contributed by atoms with E-state index in [2.05, 4.69) is 32.9 Å². The maximum Gasteiger partial charge on any atom is 0.103 e. The van der Waals surface area contributed by atoms with Crippen molar-refractivity contribution in [2.24, 2.45) is 5.92 Å². The topological polar surface area (TPSA) is 24.7 Å². The van der Waals surface area contributed by atoms with Gasteiger partial charge >= 0.3 is 0 Å². The highest BCUT2D eigenvalue weighted by atomic mass is 16.3. The van der Waals surface area contributed by atoms with Gasteiger partial charge in [-0.1, -0.05) is 50.6 Å². The predicted octanol–water partition coefficient (Wildman–Crippen LogP) is 1.99. The zero-order chi connectivity index (χ0) is 13.9. The largest absolute Gasteiger partial charge is 0.384 e. The van der Waals surface area contributed by atoms with Crippen molar-refractivity contribution in [2.75, 3.05) is 13.1 Å². The van der Waals surface area contributed by atoms with Crippen LogP contribution >= 0.6 is 0 Å². The molecule has 1 heterocycles.